The average molecular weight is 684 g/mol. The van der Waals surface area contributed by atoms with Crippen LogP contribution in [0.15, 0.2) is 200 Å². The minimum absolute atomic E-state index is 0.525. The molecule has 1 aliphatic heterocycles. The lowest BCUT2D eigenvalue weighted by Gasteiger charge is -2.45. The molecule has 1 unspecified atom stereocenters. The molecule has 1 atom stereocenters. The van der Waals surface area contributed by atoms with Gasteiger partial charge in [0.2, 0.25) is 0 Å². The Bertz CT molecular complexity index is 3140. The van der Waals surface area contributed by atoms with Crippen LogP contribution in [0.2, 0.25) is 0 Å². The van der Waals surface area contributed by atoms with Crippen LogP contribution in [-0.2, 0) is 5.41 Å². The fourth-order valence-electron chi connectivity index (χ4n) is 10.0. The maximum absolute atomic E-state index is 2.51. The van der Waals surface area contributed by atoms with Gasteiger partial charge in [-0.15, -0.1) is 0 Å². The highest BCUT2D eigenvalue weighted by Gasteiger charge is 2.52. The van der Waals surface area contributed by atoms with E-state index in [0.29, 0.717) is 0 Å². The number of nitrogens with zero attached hydrogens (tertiary/aromatic N) is 1. The van der Waals surface area contributed by atoms with Crippen molar-refractivity contribution in [3.63, 3.8) is 0 Å². The molecule has 2 aliphatic rings. The highest BCUT2D eigenvalue weighted by Crippen LogP contribution is 2.64. The second-order valence-electron chi connectivity index (χ2n) is 14.8. The van der Waals surface area contributed by atoms with Gasteiger partial charge in [0.15, 0.2) is 0 Å². The van der Waals surface area contributed by atoms with Crippen molar-refractivity contribution in [1.29, 1.82) is 0 Å². The molecule has 0 fully saturated rings. The van der Waals surface area contributed by atoms with E-state index in [-0.39, 0.29) is 0 Å². The SMILES string of the molecule is c1ccc(N2c3ccccc3C3(c4ccccc4-c4c3ccc3ccccc43)c3cc(-c4ccc5c6ccccc6c6ccccc6c5c4)ccc32)cc1. The zero-order valence-electron chi connectivity index (χ0n) is 29.5. The topological polar surface area (TPSA) is 3.24 Å². The summed E-state index contributed by atoms with van der Waals surface area (Å²) in [4.78, 5) is 2.47. The van der Waals surface area contributed by atoms with E-state index in [1.54, 1.807) is 0 Å². The summed E-state index contributed by atoms with van der Waals surface area (Å²) in [7, 11) is 0. The molecule has 1 aliphatic carbocycles. The van der Waals surface area contributed by atoms with Crippen molar-refractivity contribution < 1.29 is 0 Å². The van der Waals surface area contributed by atoms with Crippen LogP contribution in [0.5, 0.6) is 0 Å². The quantitative estimate of drug-likeness (QED) is 0.164. The van der Waals surface area contributed by atoms with E-state index in [0.717, 1.165) is 5.69 Å². The molecule has 1 heterocycles. The van der Waals surface area contributed by atoms with Crippen molar-refractivity contribution in [2.24, 2.45) is 0 Å². The Labute approximate surface area is 314 Å². The second-order valence-corrected chi connectivity index (χ2v) is 14.8. The lowest BCUT2D eigenvalue weighted by molar-refractivity contribution is 0.753. The predicted molar refractivity (Wildman–Crippen MR) is 227 cm³/mol. The summed E-state index contributed by atoms with van der Waals surface area (Å²) < 4.78 is 0. The fraction of sp³-hybridized carbons (Fsp3) is 0.0189. The summed E-state index contributed by atoms with van der Waals surface area (Å²) in [5.74, 6) is 0. The van der Waals surface area contributed by atoms with Crippen LogP contribution in [0.1, 0.15) is 22.3 Å². The number of anilines is 3. The molecule has 0 saturated carbocycles. The number of fused-ring (bicyclic) bond motifs is 17. The van der Waals surface area contributed by atoms with E-state index >= 15 is 0 Å². The Morgan fingerprint density at radius 1 is 0.315 bits per heavy atom. The molecule has 0 radical (unpaired) electrons. The highest BCUT2D eigenvalue weighted by atomic mass is 15.2. The fourth-order valence-corrected chi connectivity index (χ4v) is 10.0. The maximum Gasteiger partial charge on any atom is 0.0754 e. The highest BCUT2D eigenvalue weighted by molar-refractivity contribution is 6.25. The van der Waals surface area contributed by atoms with Gasteiger partial charge in [0, 0.05) is 5.69 Å². The molecule has 0 saturated heterocycles. The molecule has 1 nitrogen and oxygen atoms in total. The number of hydrogen-bond donors (Lipinski definition) is 0. The zero-order valence-corrected chi connectivity index (χ0v) is 29.5. The van der Waals surface area contributed by atoms with Gasteiger partial charge < -0.3 is 4.90 Å². The maximum atomic E-state index is 2.51. The van der Waals surface area contributed by atoms with Crippen molar-refractivity contribution in [1.82, 2.24) is 0 Å². The third kappa shape index (κ3) is 3.83. The lowest BCUT2D eigenvalue weighted by atomic mass is 9.64. The van der Waals surface area contributed by atoms with Gasteiger partial charge in [-0.1, -0.05) is 164 Å². The summed E-state index contributed by atoms with van der Waals surface area (Å²) in [6.45, 7) is 0. The molecule has 12 rings (SSSR count). The number of hydrogen-bond acceptors (Lipinski definition) is 1. The summed E-state index contributed by atoms with van der Waals surface area (Å²) in [6.07, 6.45) is 0. The third-order valence-corrected chi connectivity index (χ3v) is 12.2. The smallest absolute Gasteiger partial charge is 0.0754 e. The molecule has 1 spiro atoms. The Morgan fingerprint density at radius 2 is 0.870 bits per heavy atom. The molecular formula is C53H33N. The van der Waals surface area contributed by atoms with Crippen LogP contribution in [0.25, 0.3) is 65.3 Å². The summed E-state index contributed by atoms with van der Waals surface area (Å²) in [5.41, 5.74) is 13.4. The van der Waals surface area contributed by atoms with Crippen LogP contribution in [0, 0.1) is 0 Å². The monoisotopic (exact) mass is 683 g/mol. The van der Waals surface area contributed by atoms with Crippen molar-refractivity contribution >= 4 is 60.2 Å². The normalized spacial score (nSPS) is 15.4. The average Bonchev–Trinajstić information content (AvgIpc) is 3.55. The first kappa shape index (κ1) is 29.6. The summed E-state index contributed by atoms with van der Waals surface area (Å²) in [5, 5.41) is 10.3. The first-order valence-corrected chi connectivity index (χ1v) is 18.9. The van der Waals surface area contributed by atoms with Gasteiger partial charge in [-0.05, 0) is 124 Å². The van der Waals surface area contributed by atoms with E-state index in [9.17, 15) is 0 Å². The third-order valence-electron chi connectivity index (χ3n) is 12.2. The number of para-hydroxylation sites is 2. The van der Waals surface area contributed by atoms with Gasteiger partial charge in [0.05, 0.1) is 16.8 Å². The largest absolute Gasteiger partial charge is 0.310 e. The minimum Gasteiger partial charge on any atom is -0.310 e. The van der Waals surface area contributed by atoms with E-state index in [1.165, 1.54) is 99.0 Å². The molecule has 0 N–H and O–H groups in total. The molecular weight excluding hydrogens is 651 g/mol. The minimum atomic E-state index is -0.525. The van der Waals surface area contributed by atoms with Crippen molar-refractivity contribution in [3.8, 4) is 22.3 Å². The Kier molecular flexibility index (Phi) is 6.04. The van der Waals surface area contributed by atoms with Gasteiger partial charge in [-0.3, -0.25) is 0 Å². The van der Waals surface area contributed by atoms with Crippen LogP contribution < -0.4 is 4.90 Å². The molecule has 0 aromatic heterocycles. The molecule has 1 heteroatoms. The van der Waals surface area contributed by atoms with Crippen molar-refractivity contribution in [2.45, 2.75) is 5.41 Å². The van der Waals surface area contributed by atoms with E-state index < -0.39 is 5.41 Å². The molecule has 10 aromatic rings. The van der Waals surface area contributed by atoms with Crippen LogP contribution in [0.3, 0.4) is 0 Å². The van der Waals surface area contributed by atoms with E-state index in [1.807, 2.05) is 0 Å². The van der Waals surface area contributed by atoms with Gasteiger partial charge >= 0.3 is 0 Å². The first-order valence-electron chi connectivity index (χ1n) is 18.9. The van der Waals surface area contributed by atoms with Crippen LogP contribution in [-0.4, -0.2) is 0 Å². The van der Waals surface area contributed by atoms with E-state index in [2.05, 4.69) is 205 Å². The molecule has 10 aromatic carbocycles. The summed E-state index contributed by atoms with van der Waals surface area (Å²) >= 11 is 0. The number of benzene rings is 10. The molecule has 54 heavy (non-hydrogen) atoms. The van der Waals surface area contributed by atoms with Gasteiger partial charge in [0.1, 0.15) is 0 Å². The summed E-state index contributed by atoms with van der Waals surface area (Å²) in [6, 6.07) is 74.7. The lowest BCUT2D eigenvalue weighted by Crippen LogP contribution is -2.36. The first-order chi connectivity index (χ1) is 26.8. The standard InChI is InChI=1S/C53H33N/c1-2-15-37(16-3-1)54-50-25-13-12-24-47(50)53(46-23-11-10-22-44(46)52-38-17-5-4-14-34(38)27-30-48(52)53)49-33-36(28-31-51(49)54)35-26-29-43-41-20-7-6-18-39(41)40-19-8-9-21-42(40)45(43)32-35/h1-33H. The van der Waals surface area contributed by atoms with E-state index in [4.69, 9.17) is 0 Å². The van der Waals surface area contributed by atoms with Crippen molar-refractivity contribution in [2.75, 3.05) is 4.90 Å². The Balaban J connectivity index is 1.20. The van der Waals surface area contributed by atoms with Crippen molar-refractivity contribution in [3.05, 3.63) is 222 Å². The molecule has 0 amide bonds. The van der Waals surface area contributed by atoms with Gasteiger partial charge in [0.25, 0.3) is 0 Å². The Hall–Kier alpha value is -6.96. The Morgan fingerprint density at radius 3 is 1.65 bits per heavy atom. The van der Waals surface area contributed by atoms with Gasteiger partial charge in [-0.25, -0.2) is 0 Å². The number of rotatable bonds is 2. The molecule has 250 valence electrons. The van der Waals surface area contributed by atoms with Crippen LogP contribution in [0.4, 0.5) is 17.1 Å². The molecule has 0 bridgehead atoms. The predicted octanol–water partition coefficient (Wildman–Crippen LogP) is 14.1. The second kappa shape index (κ2) is 11.0. The van der Waals surface area contributed by atoms with Crippen LogP contribution >= 0.6 is 0 Å². The zero-order chi connectivity index (χ0) is 35.4. The van der Waals surface area contributed by atoms with Gasteiger partial charge in [-0.2, -0.15) is 0 Å².